The number of amides is 1. The summed E-state index contributed by atoms with van der Waals surface area (Å²) in [6, 6.07) is 11.9. The molecule has 1 amide bonds. The fourth-order valence-corrected chi connectivity index (χ4v) is 4.91. The summed E-state index contributed by atoms with van der Waals surface area (Å²) in [5, 5.41) is 13.4. The first kappa shape index (κ1) is 18.2. The molecule has 0 spiro atoms. The Balaban J connectivity index is 1.39. The minimum Gasteiger partial charge on any atom is -0.327 e. The number of benzene rings is 1. The Hall–Kier alpha value is -3.55. The highest BCUT2D eigenvalue weighted by Gasteiger charge is 2.37. The fourth-order valence-electron chi connectivity index (χ4n) is 4.91. The van der Waals surface area contributed by atoms with Crippen LogP contribution in [-0.4, -0.2) is 41.7 Å². The first-order valence-electron chi connectivity index (χ1n) is 10.7. The lowest BCUT2D eigenvalue weighted by atomic mass is 10.1. The lowest BCUT2D eigenvalue weighted by Gasteiger charge is -2.23. The van der Waals surface area contributed by atoms with Gasteiger partial charge in [-0.05, 0) is 68.5 Å². The van der Waals surface area contributed by atoms with Gasteiger partial charge in [-0.1, -0.05) is 6.07 Å². The van der Waals surface area contributed by atoms with Crippen molar-refractivity contribution in [3.05, 3.63) is 77.3 Å². The highest BCUT2D eigenvalue weighted by Crippen LogP contribution is 2.35. The number of hydrogen-bond donors (Lipinski definition) is 0. The molecule has 0 radical (unpaired) electrons. The van der Waals surface area contributed by atoms with E-state index in [1.807, 2.05) is 38.4 Å². The number of nitrogens with zero attached hydrogens (tertiary/aromatic N) is 6. The number of likely N-dealkylation sites (tertiary alicyclic amines) is 1. The van der Waals surface area contributed by atoms with Crippen molar-refractivity contribution in [2.45, 2.75) is 38.1 Å². The number of rotatable bonds is 3. The molecule has 1 aliphatic heterocycles. The molecule has 31 heavy (non-hydrogen) atoms. The second-order valence-electron chi connectivity index (χ2n) is 8.16. The number of halogens is 1. The van der Waals surface area contributed by atoms with Crippen molar-refractivity contribution >= 4 is 11.6 Å². The van der Waals surface area contributed by atoms with Gasteiger partial charge in [0.25, 0.3) is 5.91 Å². The van der Waals surface area contributed by atoms with Crippen molar-refractivity contribution in [3.63, 3.8) is 0 Å². The van der Waals surface area contributed by atoms with E-state index in [0.717, 1.165) is 60.5 Å². The van der Waals surface area contributed by atoms with Gasteiger partial charge in [0.2, 0.25) is 0 Å². The minimum absolute atomic E-state index is 0.0609. The normalized spacial score (nSPS) is 18.1. The van der Waals surface area contributed by atoms with E-state index in [4.69, 9.17) is 5.10 Å². The fraction of sp³-hybridized carbons (Fsp3) is 0.304. The molecular formula is C23H21FN6O. The van der Waals surface area contributed by atoms with Gasteiger partial charge in [0.05, 0.1) is 11.7 Å². The Morgan fingerprint density at radius 1 is 1.03 bits per heavy atom. The minimum atomic E-state index is -0.288. The number of pyridine rings is 1. The van der Waals surface area contributed by atoms with Gasteiger partial charge in [0.15, 0.2) is 17.2 Å². The van der Waals surface area contributed by atoms with Gasteiger partial charge in [-0.25, -0.2) is 9.07 Å². The summed E-state index contributed by atoms with van der Waals surface area (Å²) >= 11 is 0. The van der Waals surface area contributed by atoms with Crippen molar-refractivity contribution in [1.29, 1.82) is 0 Å². The molecule has 1 atom stereocenters. The van der Waals surface area contributed by atoms with Gasteiger partial charge >= 0.3 is 0 Å². The van der Waals surface area contributed by atoms with E-state index in [1.54, 1.807) is 12.1 Å². The monoisotopic (exact) mass is 416 g/mol. The van der Waals surface area contributed by atoms with Crippen LogP contribution in [0.4, 0.5) is 4.39 Å². The van der Waals surface area contributed by atoms with Gasteiger partial charge in [-0.15, -0.1) is 10.2 Å². The van der Waals surface area contributed by atoms with E-state index in [-0.39, 0.29) is 17.8 Å². The predicted octanol–water partition coefficient (Wildman–Crippen LogP) is 3.52. The van der Waals surface area contributed by atoms with E-state index >= 15 is 0 Å². The Morgan fingerprint density at radius 2 is 1.90 bits per heavy atom. The molecule has 0 bridgehead atoms. The first-order chi connectivity index (χ1) is 15.2. The Bertz CT molecular complexity index is 1290. The molecule has 1 saturated heterocycles. The standard InChI is InChI=1S/C23H21FN6O/c24-15-9-11-16(12-10-15)30-18-6-3-5-17(18)21(27-30)23(31)28-14-4-7-19(28)22-26-25-20-8-1-2-13-29(20)22/h1-2,8-13,19H,3-7,14H2. The Labute approximate surface area is 178 Å². The van der Waals surface area contributed by atoms with E-state index in [2.05, 4.69) is 10.2 Å². The average molecular weight is 416 g/mol. The largest absolute Gasteiger partial charge is 0.327 e. The maximum absolute atomic E-state index is 13.7. The zero-order valence-electron chi connectivity index (χ0n) is 16.9. The third-order valence-electron chi connectivity index (χ3n) is 6.36. The van der Waals surface area contributed by atoms with Crippen LogP contribution in [-0.2, 0) is 12.8 Å². The maximum Gasteiger partial charge on any atom is 0.275 e. The van der Waals surface area contributed by atoms with Crippen LogP contribution in [0.5, 0.6) is 0 Å². The zero-order valence-corrected chi connectivity index (χ0v) is 16.9. The molecule has 8 heteroatoms. The summed E-state index contributed by atoms with van der Waals surface area (Å²) in [5.41, 5.74) is 4.14. The van der Waals surface area contributed by atoms with Crippen LogP contribution in [0.3, 0.4) is 0 Å². The van der Waals surface area contributed by atoms with Crippen molar-refractivity contribution in [2.24, 2.45) is 0 Å². The van der Waals surface area contributed by atoms with Gasteiger partial charge < -0.3 is 4.90 Å². The molecule has 0 saturated carbocycles. The molecule has 1 aromatic carbocycles. The molecule has 1 aliphatic carbocycles. The maximum atomic E-state index is 13.7. The molecule has 4 heterocycles. The highest BCUT2D eigenvalue weighted by atomic mass is 19.1. The highest BCUT2D eigenvalue weighted by molar-refractivity contribution is 5.94. The van der Waals surface area contributed by atoms with Crippen LogP contribution in [0.25, 0.3) is 11.3 Å². The van der Waals surface area contributed by atoms with Crippen LogP contribution in [0.1, 0.15) is 52.9 Å². The van der Waals surface area contributed by atoms with Crippen LogP contribution in [0.15, 0.2) is 48.7 Å². The second-order valence-corrected chi connectivity index (χ2v) is 8.16. The van der Waals surface area contributed by atoms with E-state index in [1.165, 1.54) is 12.1 Å². The predicted molar refractivity (Wildman–Crippen MR) is 112 cm³/mol. The molecule has 4 aromatic rings. The molecule has 0 N–H and O–H groups in total. The number of hydrogen-bond acceptors (Lipinski definition) is 4. The van der Waals surface area contributed by atoms with Crippen molar-refractivity contribution < 1.29 is 9.18 Å². The lowest BCUT2D eigenvalue weighted by molar-refractivity contribution is 0.0721. The first-order valence-corrected chi connectivity index (χ1v) is 10.7. The number of aromatic nitrogens is 5. The molecule has 1 fully saturated rings. The molecular weight excluding hydrogens is 395 g/mol. The SMILES string of the molecule is O=C(c1nn(-c2ccc(F)cc2)c2c1CCC2)N1CCCC1c1nnc2ccccn12. The van der Waals surface area contributed by atoms with Gasteiger partial charge in [0, 0.05) is 24.0 Å². The van der Waals surface area contributed by atoms with Crippen LogP contribution in [0.2, 0.25) is 0 Å². The van der Waals surface area contributed by atoms with Crippen molar-refractivity contribution in [1.82, 2.24) is 29.3 Å². The van der Waals surface area contributed by atoms with E-state index in [9.17, 15) is 9.18 Å². The molecule has 1 unspecified atom stereocenters. The Morgan fingerprint density at radius 3 is 2.77 bits per heavy atom. The van der Waals surface area contributed by atoms with E-state index < -0.39 is 0 Å². The smallest absolute Gasteiger partial charge is 0.275 e. The summed E-state index contributed by atoms with van der Waals surface area (Å²) in [7, 11) is 0. The number of fused-ring (bicyclic) bond motifs is 2. The second kappa shape index (κ2) is 7.01. The summed E-state index contributed by atoms with van der Waals surface area (Å²) in [6.45, 7) is 0.670. The Kier molecular flexibility index (Phi) is 4.12. The van der Waals surface area contributed by atoms with Gasteiger partial charge in [0.1, 0.15) is 5.82 Å². The number of carbonyl (C=O) groups excluding carboxylic acids is 1. The average Bonchev–Trinajstić information content (AvgIpc) is 3.56. The zero-order chi connectivity index (χ0) is 20.9. The van der Waals surface area contributed by atoms with Crippen LogP contribution in [0, 0.1) is 5.82 Å². The van der Waals surface area contributed by atoms with E-state index in [0.29, 0.717) is 12.2 Å². The molecule has 6 rings (SSSR count). The summed E-state index contributed by atoms with van der Waals surface area (Å²) in [4.78, 5) is 15.6. The number of carbonyl (C=O) groups is 1. The van der Waals surface area contributed by atoms with Gasteiger partial charge in [-0.3, -0.25) is 9.20 Å². The summed E-state index contributed by atoms with van der Waals surface area (Å²) in [5.74, 6) is 0.439. The third kappa shape index (κ3) is 2.85. The van der Waals surface area contributed by atoms with Crippen molar-refractivity contribution in [3.8, 4) is 5.69 Å². The van der Waals surface area contributed by atoms with Crippen LogP contribution >= 0.6 is 0 Å². The summed E-state index contributed by atoms with van der Waals surface area (Å²) in [6.07, 6.45) is 6.40. The molecule has 7 nitrogen and oxygen atoms in total. The van der Waals surface area contributed by atoms with Crippen molar-refractivity contribution in [2.75, 3.05) is 6.54 Å². The molecule has 3 aromatic heterocycles. The molecule has 2 aliphatic rings. The van der Waals surface area contributed by atoms with Crippen LogP contribution < -0.4 is 0 Å². The third-order valence-corrected chi connectivity index (χ3v) is 6.36. The molecule has 156 valence electrons. The topological polar surface area (TPSA) is 68.3 Å². The lowest BCUT2D eigenvalue weighted by Crippen LogP contribution is -2.32. The summed E-state index contributed by atoms with van der Waals surface area (Å²) < 4.78 is 17.2. The quantitative estimate of drug-likeness (QED) is 0.513. The van der Waals surface area contributed by atoms with Gasteiger partial charge in [-0.2, -0.15) is 5.10 Å².